The fourth-order valence-corrected chi connectivity index (χ4v) is 3.08. The Balaban J connectivity index is 0.00000400. The first kappa shape index (κ1) is 20.8. The molecular weight excluding hydrogens is 399 g/mol. The van der Waals surface area contributed by atoms with Gasteiger partial charge in [0.2, 0.25) is 5.91 Å². The summed E-state index contributed by atoms with van der Waals surface area (Å²) >= 11 is 1.95. The molecule has 2 unspecified atom stereocenters. The van der Waals surface area contributed by atoms with Crippen molar-refractivity contribution in [3.05, 3.63) is 0 Å². The number of aliphatic imine (C=N–C) groups is 1. The number of carbonyl (C=O) groups excluding carboxylic acids is 1. The highest BCUT2D eigenvalue weighted by atomic mass is 127. The van der Waals surface area contributed by atoms with Gasteiger partial charge in [-0.15, -0.1) is 24.0 Å². The second-order valence-electron chi connectivity index (χ2n) is 5.31. The van der Waals surface area contributed by atoms with Gasteiger partial charge >= 0.3 is 0 Å². The molecule has 1 aliphatic carbocycles. The lowest BCUT2D eigenvalue weighted by atomic mass is 10.2. The summed E-state index contributed by atoms with van der Waals surface area (Å²) in [6.07, 6.45) is 6.31. The van der Waals surface area contributed by atoms with Crippen molar-refractivity contribution in [3.8, 4) is 0 Å². The Kier molecular flexibility index (Phi) is 11.3. The zero-order valence-electron chi connectivity index (χ0n) is 13.5. The topological polar surface area (TPSA) is 56.7 Å². The summed E-state index contributed by atoms with van der Waals surface area (Å²) in [6, 6.07) is 0.509. The van der Waals surface area contributed by atoms with E-state index in [9.17, 15) is 4.79 Å². The highest BCUT2D eigenvalue weighted by Crippen LogP contribution is 2.27. The summed E-state index contributed by atoms with van der Waals surface area (Å²) in [5, 5.41) is 7.51. The van der Waals surface area contributed by atoms with Crippen molar-refractivity contribution in [3.63, 3.8) is 0 Å². The zero-order valence-corrected chi connectivity index (χ0v) is 16.7. The lowest BCUT2D eigenvalue weighted by Crippen LogP contribution is -2.42. The van der Waals surface area contributed by atoms with Crippen molar-refractivity contribution in [2.45, 2.75) is 43.9 Å². The van der Waals surface area contributed by atoms with Gasteiger partial charge in [0, 0.05) is 38.4 Å². The minimum atomic E-state index is 0. The van der Waals surface area contributed by atoms with Gasteiger partial charge in [-0.2, -0.15) is 11.8 Å². The molecular formula is C14H29IN4OS. The van der Waals surface area contributed by atoms with Gasteiger partial charge < -0.3 is 15.5 Å². The van der Waals surface area contributed by atoms with Crippen LogP contribution in [0.3, 0.4) is 0 Å². The van der Waals surface area contributed by atoms with Gasteiger partial charge in [0.1, 0.15) is 0 Å². The number of carbonyl (C=O) groups is 1. The van der Waals surface area contributed by atoms with Crippen LogP contribution in [0.15, 0.2) is 4.99 Å². The fraction of sp³-hybridized carbons (Fsp3) is 0.857. The van der Waals surface area contributed by atoms with Crippen LogP contribution in [0.5, 0.6) is 0 Å². The van der Waals surface area contributed by atoms with Crippen LogP contribution >= 0.6 is 35.7 Å². The average molecular weight is 428 g/mol. The van der Waals surface area contributed by atoms with Crippen LogP contribution in [-0.4, -0.2) is 61.5 Å². The molecule has 1 amide bonds. The van der Waals surface area contributed by atoms with Gasteiger partial charge in [-0.1, -0.05) is 0 Å². The largest absolute Gasteiger partial charge is 0.357 e. The van der Waals surface area contributed by atoms with E-state index in [1.807, 2.05) is 11.8 Å². The number of amides is 1. The predicted octanol–water partition coefficient (Wildman–Crippen LogP) is 1.92. The molecule has 2 atom stereocenters. The molecule has 7 heteroatoms. The molecule has 0 saturated heterocycles. The van der Waals surface area contributed by atoms with E-state index in [0.717, 1.165) is 17.8 Å². The van der Waals surface area contributed by atoms with Crippen LogP contribution in [0.2, 0.25) is 0 Å². The van der Waals surface area contributed by atoms with E-state index in [1.165, 1.54) is 19.3 Å². The first-order valence-corrected chi connectivity index (χ1v) is 8.63. The van der Waals surface area contributed by atoms with Crippen LogP contribution in [0, 0.1) is 0 Å². The molecule has 1 fully saturated rings. The van der Waals surface area contributed by atoms with E-state index in [0.29, 0.717) is 19.0 Å². The lowest BCUT2D eigenvalue weighted by Gasteiger charge is -2.17. The molecule has 0 heterocycles. The van der Waals surface area contributed by atoms with Crippen molar-refractivity contribution in [2.24, 2.45) is 4.99 Å². The molecule has 0 aromatic rings. The SMILES string of the molecule is CCNC(=NCCC(=O)N(C)C)NC1CCC(SC)C1.I. The van der Waals surface area contributed by atoms with Crippen molar-refractivity contribution in [2.75, 3.05) is 33.4 Å². The first-order valence-electron chi connectivity index (χ1n) is 7.34. The number of guanidine groups is 1. The minimum Gasteiger partial charge on any atom is -0.357 e. The zero-order chi connectivity index (χ0) is 15.0. The Morgan fingerprint density at radius 3 is 2.62 bits per heavy atom. The van der Waals surface area contributed by atoms with Gasteiger partial charge in [-0.05, 0) is 32.4 Å². The first-order chi connectivity index (χ1) is 9.56. The van der Waals surface area contributed by atoms with Crippen LogP contribution < -0.4 is 10.6 Å². The minimum absolute atomic E-state index is 0. The number of nitrogens with zero attached hydrogens (tertiary/aromatic N) is 2. The lowest BCUT2D eigenvalue weighted by molar-refractivity contribution is -0.128. The molecule has 124 valence electrons. The number of halogens is 1. The van der Waals surface area contributed by atoms with E-state index < -0.39 is 0 Å². The van der Waals surface area contributed by atoms with Crippen molar-refractivity contribution < 1.29 is 4.79 Å². The second-order valence-corrected chi connectivity index (χ2v) is 6.45. The normalized spacial score (nSPS) is 21.6. The van der Waals surface area contributed by atoms with Crippen molar-refractivity contribution in [1.29, 1.82) is 0 Å². The molecule has 0 radical (unpaired) electrons. The Labute approximate surface area is 150 Å². The van der Waals surface area contributed by atoms with Crippen LogP contribution in [0.25, 0.3) is 0 Å². The van der Waals surface area contributed by atoms with Gasteiger partial charge in [0.25, 0.3) is 0 Å². The standard InChI is InChI=1S/C14H28N4OS.HI/c1-5-15-14(16-9-8-13(19)18(2)3)17-11-6-7-12(10-11)20-4;/h11-12H,5-10H2,1-4H3,(H2,15,16,17);1H. The second kappa shape index (κ2) is 11.4. The van der Waals surface area contributed by atoms with Gasteiger partial charge in [0.05, 0.1) is 6.54 Å². The summed E-state index contributed by atoms with van der Waals surface area (Å²) in [6.45, 7) is 3.43. The van der Waals surface area contributed by atoms with Crippen LogP contribution in [0.1, 0.15) is 32.6 Å². The van der Waals surface area contributed by atoms with E-state index in [-0.39, 0.29) is 29.9 Å². The molecule has 0 bridgehead atoms. The maximum absolute atomic E-state index is 11.5. The Bertz CT molecular complexity index is 339. The van der Waals surface area contributed by atoms with E-state index in [4.69, 9.17) is 0 Å². The maximum Gasteiger partial charge on any atom is 0.223 e. The average Bonchev–Trinajstić information content (AvgIpc) is 2.86. The third kappa shape index (κ3) is 8.13. The quantitative estimate of drug-likeness (QED) is 0.386. The Morgan fingerprint density at radius 1 is 1.38 bits per heavy atom. The summed E-state index contributed by atoms with van der Waals surface area (Å²) in [5.41, 5.74) is 0. The Hall–Kier alpha value is -0.180. The smallest absolute Gasteiger partial charge is 0.223 e. The highest BCUT2D eigenvalue weighted by Gasteiger charge is 2.24. The van der Waals surface area contributed by atoms with Crippen LogP contribution in [-0.2, 0) is 4.79 Å². The molecule has 5 nitrogen and oxygen atoms in total. The monoisotopic (exact) mass is 428 g/mol. The predicted molar refractivity (Wildman–Crippen MR) is 103 cm³/mol. The maximum atomic E-state index is 11.5. The van der Waals surface area contributed by atoms with E-state index in [2.05, 4.69) is 28.8 Å². The molecule has 0 aromatic heterocycles. The number of rotatable bonds is 6. The van der Waals surface area contributed by atoms with Crippen LogP contribution in [0.4, 0.5) is 0 Å². The molecule has 1 rings (SSSR count). The van der Waals surface area contributed by atoms with Gasteiger partial charge in [-0.25, -0.2) is 0 Å². The molecule has 2 N–H and O–H groups in total. The molecule has 21 heavy (non-hydrogen) atoms. The van der Waals surface area contributed by atoms with Gasteiger partial charge in [0.15, 0.2) is 5.96 Å². The molecule has 0 aliphatic heterocycles. The molecule has 0 aromatic carbocycles. The molecule has 1 aliphatic rings. The number of thioether (sulfide) groups is 1. The summed E-state index contributed by atoms with van der Waals surface area (Å²) < 4.78 is 0. The highest BCUT2D eigenvalue weighted by molar-refractivity contribution is 14.0. The fourth-order valence-electron chi connectivity index (χ4n) is 2.29. The van der Waals surface area contributed by atoms with E-state index in [1.54, 1.807) is 19.0 Å². The third-order valence-corrected chi connectivity index (χ3v) is 4.59. The van der Waals surface area contributed by atoms with Crippen molar-refractivity contribution in [1.82, 2.24) is 15.5 Å². The van der Waals surface area contributed by atoms with Gasteiger partial charge in [-0.3, -0.25) is 9.79 Å². The number of hydrogen-bond acceptors (Lipinski definition) is 3. The number of nitrogens with one attached hydrogen (secondary N) is 2. The van der Waals surface area contributed by atoms with Crippen molar-refractivity contribution >= 4 is 47.6 Å². The summed E-state index contributed by atoms with van der Waals surface area (Å²) in [4.78, 5) is 17.6. The Morgan fingerprint density at radius 2 is 2.10 bits per heavy atom. The summed E-state index contributed by atoms with van der Waals surface area (Å²) in [7, 11) is 3.55. The third-order valence-electron chi connectivity index (χ3n) is 3.50. The summed E-state index contributed by atoms with van der Waals surface area (Å²) in [5.74, 6) is 0.957. The number of hydrogen-bond donors (Lipinski definition) is 2. The van der Waals surface area contributed by atoms with E-state index >= 15 is 0 Å². The molecule has 0 spiro atoms. The molecule has 1 saturated carbocycles.